The zero-order valence-electron chi connectivity index (χ0n) is 10.7. The largest absolute Gasteiger partial charge is 0.313 e. The van der Waals surface area contributed by atoms with Gasteiger partial charge in [0, 0.05) is 25.7 Å². The number of nitrogens with zero attached hydrogens (tertiary/aromatic N) is 1. The summed E-state index contributed by atoms with van der Waals surface area (Å²) in [6.45, 7) is 7.07. The van der Waals surface area contributed by atoms with Gasteiger partial charge in [0.05, 0.1) is 0 Å². The number of piperidine rings is 1. The molecule has 0 spiro atoms. The van der Waals surface area contributed by atoms with Gasteiger partial charge in [0.15, 0.2) is 0 Å². The second-order valence-corrected chi connectivity index (χ2v) is 5.72. The average Bonchev–Trinajstić information content (AvgIpc) is 2.71. The SMILES string of the molecule is CC1CCNC(CN2Cc3ccccc3C2)C1. The minimum atomic E-state index is 0.702. The summed E-state index contributed by atoms with van der Waals surface area (Å²) in [5.74, 6) is 0.895. The van der Waals surface area contributed by atoms with Crippen molar-refractivity contribution in [3.63, 3.8) is 0 Å². The molecule has 0 aromatic heterocycles. The van der Waals surface area contributed by atoms with Crippen molar-refractivity contribution in [3.8, 4) is 0 Å². The van der Waals surface area contributed by atoms with E-state index in [0.717, 1.165) is 19.0 Å². The lowest BCUT2D eigenvalue weighted by Crippen LogP contribution is -2.44. The lowest BCUT2D eigenvalue weighted by molar-refractivity contribution is 0.208. The van der Waals surface area contributed by atoms with Crippen LogP contribution in [0.2, 0.25) is 0 Å². The number of benzene rings is 1. The highest BCUT2D eigenvalue weighted by Crippen LogP contribution is 2.24. The monoisotopic (exact) mass is 230 g/mol. The van der Waals surface area contributed by atoms with Crippen LogP contribution >= 0.6 is 0 Å². The predicted molar refractivity (Wildman–Crippen MR) is 70.7 cm³/mol. The van der Waals surface area contributed by atoms with Crippen molar-refractivity contribution in [2.75, 3.05) is 13.1 Å². The first-order valence-electron chi connectivity index (χ1n) is 6.84. The molecule has 0 amide bonds. The predicted octanol–water partition coefficient (Wildman–Crippen LogP) is 2.39. The molecule has 1 fully saturated rings. The molecule has 3 rings (SSSR count). The fraction of sp³-hybridized carbons (Fsp3) is 0.600. The normalized spacial score (nSPS) is 29.2. The highest BCUT2D eigenvalue weighted by Gasteiger charge is 2.24. The molecular formula is C15H22N2. The summed E-state index contributed by atoms with van der Waals surface area (Å²) in [4.78, 5) is 2.58. The van der Waals surface area contributed by atoms with Crippen LogP contribution in [0.5, 0.6) is 0 Å². The van der Waals surface area contributed by atoms with E-state index < -0.39 is 0 Å². The Hall–Kier alpha value is -0.860. The maximum absolute atomic E-state index is 3.66. The fourth-order valence-electron chi connectivity index (χ4n) is 3.20. The Morgan fingerprint density at radius 2 is 1.94 bits per heavy atom. The van der Waals surface area contributed by atoms with Crippen LogP contribution in [0.25, 0.3) is 0 Å². The molecule has 92 valence electrons. The van der Waals surface area contributed by atoms with Crippen molar-refractivity contribution in [1.82, 2.24) is 10.2 Å². The van der Waals surface area contributed by atoms with Gasteiger partial charge >= 0.3 is 0 Å². The van der Waals surface area contributed by atoms with Crippen LogP contribution in [0.4, 0.5) is 0 Å². The first-order valence-corrected chi connectivity index (χ1v) is 6.84. The third-order valence-electron chi connectivity index (χ3n) is 4.14. The Morgan fingerprint density at radius 1 is 1.24 bits per heavy atom. The molecule has 0 aliphatic carbocycles. The molecule has 2 aliphatic heterocycles. The smallest absolute Gasteiger partial charge is 0.0241 e. The van der Waals surface area contributed by atoms with Crippen LogP contribution in [0.1, 0.15) is 30.9 Å². The molecule has 2 aliphatic rings. The third-order valence-corrected chi connectivity index (χ3v) is 4.14. The van der Waals surface area contributed by atoms with E-state index in [0.29, 0.717) is 6.04 Å². The van der Waals surface area contributed by atoms with Gasteiger partial charge in [-0.1, -0.05) is 31.2 Å². The van der Waals surface area contributed by atoms with E-state index >= 15 is 0 Å². The summed E-state index contributed by atoms with van der Waals surface area (Å²) in [6, 6.07) is 9.55. The van der Waals surface area contributed by atoms with E-state index in [1.807, 2.05) is 0 Å². The van der Waals surface area contributed by atoms with E-state index in [9.17, 15) is 0 Å². The van der Waals surface area contributed by atoms with Crippen LogP contribution in [0.3, 0.4) is 0 Å². The molecule has 1 saturated heterocycles. The van der Waals surface area contributed by atoms with Crippen molar-refractivity contribution in [2.24, 2.45) is 5.92 Å². The molecule has 2 unspecified atom stereocenters. The Bertz CT molecular complexity index is 363. The second kappa shape index (κ2) is 4.79. The van der Waals surface area contributed by atoms with Gasteiger partial charge in [-0.3, -0.25) is 4.90 Å². The van der Waals surface area contributed by atoms with Crippen molar-refractivity contribution < 1.29 is 0 Å². The molecule has 1 N–H and O–H groups in total. The maximum Gasteiger partial charge on any atom is 0.0241 e. The third kappa shape index (κ3) is 2.53. The van der Waals surface area contributed by atoms with Gasteiger partial charge in [0.2, 0.25) is 0 Å². The summed E-state index contributed by atoms with van der Waals surface area (Å²) in [7, 11) is 0. The van der Waals surface area contributed by atoms with Crippen LogP contribution in [0, 0.1) is 5.92 Å². The molecular weight excluding hydrogens is 208 g/mol. The zero-order chi connectivity index (χ0) is 11.7. The average molecular weight is 230 g/mol. The highest BCUT2D eigenvalue weighted by atomic mass is 15.2. The Morgan fingerprint density at radius 3 is 2.59 bits per heavy atom. The minimum absolute atomic E-state index is 0.702. The van der Waals surface area contributed by atoms with Crippen LogP contribution < -0.4 is 5.32 Å². The summed E-state index contributed by atoms with van der Waals surface area (Å²) in [6.07, 6.45) is 2.68. The molecule has 2 atom stereocenters. The van der Waals surface area contributed by atoms with Crippen molar-refractivity contribution in [2.45, 2.75) is 38.9 Å². The van der Waals surface area contributed by atoms with Gasteiger partial charge in [0.25, 0.3) is 0 Å². The van der Waals surface area contributed by atoms with E-state index in [4.69, 9.17) is 0 Å². The lowest BCUT2D eigenvalue weighted by atomic mass is 9.94. The molecule has 17 heavy (non-hydrogen) atoms. The minimum Gasteiger partial charge on any atom is -0.313 e. The second-order valence-electron chi connectivity index (χ2n) is 5.72. The topological polar surface area (TPSA) is 15.3 Å². The number of nitrogens with one attached hydrogen (secondary N) is 1. The fourth-order valence-corrected chi connectivity index (χ4v) is 3.20. The first kappa shape index (κ1) is 11.2. The quantitative estimate of drug-likeness (QED) is 0.839. The van der Waals surface area contributed by atoms with Crippen molar-refractivity contribution >= 4 is 0 Å². The standard InChI is InChI=1S/C15H22N2/c1-12-6-7-16-15(8-12)11-17-9-13-4-2-3-5-14(13)10-17/h2-5,12,15-16H,6-11H2,1H3. The van der Waals surface area contributed by atoms with Gasteiger partial charge in [0.1, 0.15) is 0 Å². The molecule has 2 heteroatoms. The number of fused-ring (bicyclic) bond motifs is 1. The molecule has 2 heterocycles. The van der Waals surface area contributed by atoms with E-state index in [1.165, 1.54) is 37.1 Å². The van der Waals surface area contributed by atoms with Crippen molar-refractivity contribution in [3.05, 3.63) is 35.4 Å². The van der Waals surface area contributed by atoms with Gasteiger partial charge in [-0.2, -0.15) is 0 Å². The summed E-state index contributed by atoms with van der Waals surface area (Å²) < 4.78 is 0. The zero-order valence-corrected chi connectivity index (χ0v) is 10.7. The highest BCUT2D eigenvalue weighted by molar-refractivity contribution is 5.30. The van der Waals surface area contributed by atoms with Crippen LogP contribution in [-0.4, -0.2) is 24.0 Å². The van der Waals surface area contributed by atoms with Gasteiger partial charge in [-0.05, 0) is 36.4 Å². The summed E-state index contributed by atoms with van der Waals surface area (Å²) >= 11 is 0. The molecule has 0 bridgehead atoms. The van der Waals surface area contributed by atoms with E-state index in [1.54, 1.807) is 0 Å². The number of rotatable bonds is 2. The lowest BCUT2D eigenvalue weighted by Gasteiger charge is -2.31. The molecule has 0 radical (unpaired) electrons. The Kier molecular flexibility index (Phi) is 3.17. The Labute approximate surface area is 104 Å². The van der Waals surface area contributed by atoms with Crippen LogP contribution in [0.15, 0.2) is 24.3 Å². The molecule has 0 saturated carbocycles. The van der Waals surface area contributed by atoms with Crippen LogP contribution in [-0.2, 0) is 13.1 Å². The van der Waals surface area contributed by atoms with Gasteiger partial charge < -0.3 is 5.32 Å². The number of hydrogen-bond donors (Lipinski definition) is 1. The Balaban J connectivity index is 1.58. The molecule has 2 nitrogen and oxygen atoms in total. The van der Waals surface area contributed by atoms with E-state index in [-0.39, 0.29) is 0 Å². The molecule has 1 aromatic carbocycles. The summed E-state index contributed by atoms with van der Waals surface area (Å²) in [5, 5.41) is 3.66. The molecule has 1 aromatic rings. The first-order chi connectivity index (χ1) is 8.31. The van der Waals surface area contributed by atoms with Gasteiger partial charge in [-0.15, -0.1) is 0 Å². The maximum atomic E-state index is 3.66. The van der Waals surface area contributed by atoms with Gasteiger partial charge in [-0.25, -0.2) is 0 Å². The number of hydrogen-bond acceptors (Lipinski definition) is 2. The summed E-state index contributed by atoms with van der Waals surface area (Å²) in [5.41, 5.74) is 3.05. The van der Waals surface area contributed by atoms with Crippen molar-refractivity contribution in [1.29, 1.82) is 0 Å². The van der Waals surface area contributed by atoms with E-state index in [2.05, 4.69) is 41.4 Å².